The van der Waals surface area contributed by atoms with E-state index in [0.29, 0.717) is 5.92 Å². The number of hydrogen-bond donors (Lipinski definition) is 0. The standard InChI is InChI=1S/C15H20O/c1-11(2)14-8-5-13(6-9-14)7-10-15(16)12(3)4/h5-12H,1-4H3/b10-7+. The molecule has 0 aliphatic heterocycles. The molecular weight excluding hydrogens is 196 g/mol. The highest BCUT2D eigenvalue weighted by molar-refractivity contribution is 5.94. The van der Waals surface area contributed by atoms with Gasteiger partial charge in [0.05, 0.1) is 0 Å². The van der Waals surface area contributed by atoms with Crippen LogP contribution in [-0.4, -0.2) is 5.78 Å². The Hall–Kier alpha value is -1.37. The minimum absolute atomic E-state index is 0.0752. The molecule has 1 aromatic rings. The second kappa shape index (κ2) is 5.64. The molecule has 1 heteroatoms. The molecule has 1 nitrogen and oxygen atoms in total. The summed E-state index contributed by atoms with van der Waals surface area (Å²) in [4.78, 5) is 11.4. The summed E-state index contributed by atoms with van der Waals surface area (Å²) in [5.74, 6) is 0.800. The van der Waals surface area contributed by atoms with Crippen molar-refractivity contribution in [3.63, 3.8) is 0 Å². The fourth-order valence-electron chi connectivity index (χ4n) is 1.36. The van der Waals surface area contributed by atoms with Crippen molar-refractivity contribution in [3.05, 3.63) is 41.5 Å². The number of rotatable bonds is 4. The third-order valence-electron chi connectivity index (χ3n) is 2.61. The maximum absolute atomic E-state index is 11.4. The molecule has 0 saturated carbocycles. The van der Waals surface area contributed by atoms with Crippen molar-refractivity contribution >= 4 is 11.9 Å². The Morgan fingerprint density at radius 3 is 2.06 bits per heavy atom. The summed E-state index contributed by atoms with van der Waals surface area (Å²) < 4.78 is 0. The van der Waals surface area contributed by atoms with Crippen LogP contribution in [-0.2, 0) is 4.79 Å². The zero-order chi connectivity index (χ0) is 12.1. The predicted molar refractivity (Wildman–Crippen MR) is 69.4 cm³/mol. The molecular formula is C15H20O. The lowest BCUT2D eigenvalue weighted by atomic mass is 10.0. The van der Waals surface area contributed by atoms with E-state index in [4.69, 9.17) is 0 Å². The molecule has 0 saturated heterocycles. The zero-order valence-electron chi connectivity index (χ0n) is 10.5. The van der Waals surface area contributed by atoms with Gasteiger partial charge in [-0.1, -0.05) is 58.0 Å². The first-order valence-electron chi connectivity index (χ1n) is 5.82. The molecule has 0 radical (unpaired) electrons. The minimum Gasteiger partial charge on any atom is -0.295 e. The van der Waals surface area contributed by atoms with Crippen LogP contribution < -0.4 is 0 Å². The van der Waals surface area contributed by atoms with Crippen LogP contribution in [0.15, 0.2) is 30.3 Å². The van der Waals surface area contributed by atoms with Gasteiger partial charge in [-0.25, -0.2) is 0 Å². The molecule has 0 fully saturated rings. The van der Waals surface area contributed by atoms with Gasteiger partial charge >= 0.3 is 0 Å². The van der Waals surface area contributed by atoms with Gasteiger partial charge in [0, 0.05) is 5.92 Å². The van der Waals surface area contributed by atoms with Crippen LogP contribution in [0.1, 0.15) is 44.7 Å². The minimum atomic E-state index is 0.0752. The van der Waals surface area contributed by atoms with Crippen LogP contribution >= 0.6 is 0 Å². The van der Waals surface area contributed by atoms with Gasteiger partial charge in [-0.2, -0.15) is 0 Å². The number of benzene rings is 1. The summed E-state index contributed by atoms with van der Waals surface area (Å²) in [5, 5.41) is 0. The van der Waals surface area contributed by atoms with Gasteiger partial charge in [-0.05, 0) is 23.1 Å². The fourth-order valence-corrected chi connectivity index (χ4v) is 1.36. The van der Waals surface area contributed by atoms with E-state index in [1.54, 1.807) is 6.08 Å². The Labute approximate surface area is 98.2 Å². The molecule has 0 spiro atoms. The molecule has 0 aliphatic carbocycles. The molecule has 0 bridgehead atoms. The van der Waals surface area contributed by atoms with Crippen LogP contribution in [0, 0.1) is 5.92 Å². The largest absolute Gasteiger partial charge is 0.295 e. The van der Waals surface area contributed by atoms with Crippen LogP contribution in [0.5, 0.6) is 0 Å². The quantitative estimate of drug-likeness (QED) is 0.694. The normalized spacial score (nSPS) is 11.6. The molecule has 0 amide bonds. The Kier molecular flexibility index (Phi) is 4.48. The summed E-state index contributed by atoms with van der Waals surface area (Å²) in [6.07, 6.45) is 3.54. The Balaban J connectivity index is 2.72. The van der Waals surface area contributed by atoms with Crippen molar-refractivity contribution in [1.82, 2.24) is 0 Å². The molecule has 86 valence electrons. The lowest BCUT2D eigenvalue weighted by Crippen LogP contribution is -2.01. The molecule has 0 N–H and O–H groups in total. The Morgan fingerprint density at radius 2 is 1.62 bits per heavy atom. The van der Waals surface area contributed by atoms with Gasteiger partial charge in [0.15, 0.2) is 5.78 Å². The molecule has 16 heavy (non-hydrogen) atoms. The number of carbonyl (C=O) groups is 1. The third-order valence-corrected chi connectivity index (χ3v) is 2.61. The summed E-state index contributed by atoms with van der Waals surface area (Å²) in [6, 6.07) is 8.34. The SMILES string of the molecule is CC(C)C(=O)/C=C/c1ccc(C(C)C)cc1. The number of hydrogen-bond acceptors (Lipinski definition) is 1. The van der Waals surface area contributed by atoms with Gasteiger partial charge in [-0.15, -0.1) is 0 Å². The summed E-state index contributed by atoms with van der Waals surface area (Å²) in [6.45, 7) is 8.17. The van der Waals surface area contributed by atoms with E-state index in [1.807, 2.05) is 19.9 Å². The lowest BCUT2D eigenvalue weighted by molar-refractivity contribution is -0.117. The second-order valence-electron chi connectivity index (χ2n) is 4.71. The van der Waals surface area contributed by atoms with Crippen molar-refractivity contribution in [2.24, 2.45) is 5.92 Å². The van der Waals surface area contributed by atoms with Gasteiger partial charge in [0.1, 0.15) is 0 Å². The van der Waals surface area contributed by atoms with Crippen molar-refractivity contribution in [2.45, 2.75) is 33.6 Å². The smallest absolute Gasteiger partial charge is 0.158 e. The summed E-state index contributed by atoms with van der Waals surface area (Å²) in [5.41, 5.74) is 2.41. The van der Waals surface area contributed by atoms with E-state index < -0.39 is 0 Å². The highest BCUT2D eigenvalue weighted by Crippen LogP contribution is 2.15. The van der Waals surface area contributed by atoms with Crippen LogP contribution in [0.25, 0.3) is 6.08 Å². The predicted octanol–water partition coefficient (Wildman–Crippen LogP) is 4.05. The molecule has 0 unspecified atom stereocenters. The average molecular weight is 216 g/mol. The van der Waals surface area contributed by atoms with Gasteiger partial charge in [0.2, 0.25) is 0 Å². The molecule has 0 heterocycles. The molecule has 1 aromatic carbocycles. The number of carbonyl (C=O) groups excluding carboxylic acids is 1. The molecule has 0 atom stereocenters. The van der Waals surface area contributed by atoms with Gasteiger partial charge < -0.3 is 0 Å². The van der Waals surface area contributed by atoms with Crippen molar-refractivity contribution in [2.75, 3.05) is 0 Å². The lowest BCUT2D eigenvalue weighted by Gasteiger charge is -2.04. The Morgan fingerprint density at radius 1 is 1.06 bits per heavy atom. The van der Waals surface area contributed by atoms with Crippen molar-refractivity contribution < 1.29 is 4.79 Å². The summed E-state index contributed by atoms with van der Waals surface area (Å²) >= 11 is 0. The number of ketones is 1. The highest BCUT2D eigenvalue weighted by Gasteiger charge is 2.01. The van der Waals surface area contributed by atoms with Crippen molar-refractivity contribution in [1.29, 1.82) is 0 Å². The summed E-state index contributed by atoms with van der Waals surface area (Å²) in [7, 11) is 0. The number of allylic oxidation sites excluding steroid dienone is 1. The van der Waals surface area contributed by atoms with Crippen molar-refractivity contribution in [3.8, 4) is 0 Å². The first-order valence-corrected chi connectivity index (χ1v) is 5.82. The first-order chi connectivity index (χ1) is 7.50. The second-order valence-corrected chi connectivity index (χ2v) is 4.71. The van der Waals surface area contributed by atoms with E-state index in [9.17, 15) is 4.79 Å². The maximum atomic E-state index is 11.4. The molecule has 0 aromatic heterocycles. The van der Waals surface area contributed by atoms with E-state index in [0.717, 1.165) is 5.56 Å². The van der Waals surface area contributed by atoms with Gasteiger partial charge in [0.25, 0.3) is 0 Å². The topological polar surface area (TPSA) is 17.1 Å². The van der Waals surface area contributed by atoms with E-state index in [2.05, 4.69) is 38.1 Å². The monoisotopic (exact) mass is 216 g/mol. The molecule has 0 aliphatic rings. The molecule has 1 rings (SSSR count). The Bertz CT molecular complexity index is 369. The first kappa shape index (κ1) is 12.7. The fraction of sp³-hybridized carbons (Fsp3) is 0.400. The van der Waals surface area contributed by atoms with Gasteiger partial charge in [-0.3, -0.25) is 4.79 Å². The maximum Gasteiger partial charge on any atom is 0.158 e. The third kappa shape index (κ3) is 3.65. The van der Waals surface area contributed by atoms with E-state index in [1.165, 1.54) is 5.56 Å². The zero-order valence-corrected chi connectivity index (χ0v) is 10.5. The van der Waals surface area contributed by atoms with Crippen LogP contribution in [0.2, 0.25) is 0 Å². The highest BCUT2D eigenvalue weighted by atomic mass is 16.1. The average Bonchev–Trinajstić information content (AvgIpc) is 2.26. The van der Waals surface area contributed by atoms with Crippen LogP contribution in [0.3, 0.4) is 0 Å². The van der Waals surface area contributed by atoms with E-state index >= 15 is 0 Å². The van der Waals surface area contributed by atoms with E-state index in [-0.39, 0.29) is 11.7 Å². The van der Waals surface area contributed by atoms with Crippen LogP contribution in [0.4, 0.5) is 0 Å².